The lowest BCUT2D eigenvalue weighted by Crippen LogP contribution is -2.53. The molecular formula is C14H29N3O2S. The van der Waals surface area contributed by atoms with Crippen LogP contribution in [0.1, 0.15) is 44.9 Å². The third-order valence-corrected chi connectivity index (χ3v) is 6.80. The molecule has 1 heterocycles. The molecule has 2 rings (SSSR count). The van der Waals surface area contributed by atoms with E-state index in [0.717, 1.165) is 25.8 Å². The summed E-state index contributed by atoms with van der Waals surface area (Å²) in [4.78, 5) is 0. The van der Waals surface area contributed by atoms with Gasteiger partial charge in [0.25, 0.3) is 10.2 Å². The SMILES string of the molecule is CNCCCN(C)S(=O)(=O)N1CCC[C@H]2CCCC[C@H]21. The predicted molar refractivity (Wildman–Crippen MR) is 81.8 cm³/mol. The number of piperidine rings is 1. The Balaban J connectivity index is 2.03. The number of nitrogens with zero attached hydrogens (tertiary/aromatic N) is 2. The zero-order valence-corrected chi connectivity index (χ0v) is 13.7. The van der Waals surface area contributed by atoms with E-state index in [1.165, 1.54) is 25.7 Å². The van der Waals surface area contributed by atoms with Crippen molar-refractivity contribution in [3.05, 3.63) is 0 Å². The topological polar surface area (TPSA) is 52.7 Å². The maximum atomic E-state index is 12.8. The highest BCUT2D eigenvalue weighted by molar-refractivity contribution is 7.86. The summed E-state index contributed by atoms with van der Waals surface area (Å²) in [5, 5.41) is 3.06. The van der Waals surface area contributed by atoms with Gasteiger partial charge in [0.15, 0.2) is 0 Å². The van der Waals surface area contributed by atoms with E-state index in [4.69, 9.17) is 0 Å². The van der Waals surface area contributed by atoms with E-state index in [-0.39, 0.29) is 6.04 Å². The van der Waals surface area contributed by atoms with Crippen LogP contribution in [0.5, 0.6) is 0 Å². The summed E-state index contributed by atoms with van der Waals surface area (Å²) in [6.45, 7) is 2.16. The van der Waals surface area contributed by atoms with Crippen LogP contribution >= 0.6 is 0 Å². The molecule has 20 heavy (non-hydrogen) atoms. The van der Waals surface area contributed by atoms with Crippen molar-refractivity contribution < 1.29 is 8.42 Å². The number of rotatable bonds is 6. The van der Waals surface area contributed by atoms with Crippen LogP contribution in [0.25, 0.3) is 0 Å². The van der Waals surface area contributed by atoms with Gasteiger partial charge in [-0.2, -0.15) is 17.0 Å². The first-order valence-corrected chi connectivity index (χ1v) is 9.34. The van der Waals surface area contributed by atoms with Crippen LogP contribution in [0.3, 0.4) is 0 Å². The van der Waals surface area contributed by atoms with Crippen LogP contribution < -0.4 is 5.32 Å². The van der Waals surface area contributed by atoms with Gasteiger partial charge < -0.3 is 5.32 Å². The number of nitrogens with one attached hydrogen (secondary N) is 1. The minimum atomic E-state index is -3.27. The van der Waals surface area contributed by atoms with Crippen molar-refractivity contribution in [1.82, 2.24) is 13.9 Å². The Bertz CT molecular complexity index is 397. The first kappa shape index (κ1) is 16.2. The largest absolute Gasteiger partial charge is 0.320 e. The summed E-state index contributed by atoms with van der Waals surface area (Å²) in [5.74, 6) is 0.595. The molecule has 2 aliphatic rings. The molecular weight excluding hydrogens is 274 g/mol. The Hall–Kier alpha value is -0.170. The van der Waals surface area contributed by atoms with E-state index in [9.17, 15) is 8.42 Å². The lowest BCUT2D eigenvalue weighted by molar-refractivity contribution is 0.123. The molecule has 0 aromatic heterocycles. The molecule has 1 saturated heterocycles. The van der Waals surface area contributed by atoms with E-state index in [1.54, 1.807) is 15.7 Å². The first-order chi connectivity index (χ1) is 9.57. The van der Waals surface area contributed by atoms with Crippen molar-refractivity contribution in [2.75, 3.05) is 33.7 Å². The minimum Gasteiger partial charge on any atom is -0.320 e. The Morgan fingerprint density at radius 2 is 1.90 bits per heavy atom. The summed E-state index contributed by atoms with van der Waals surface area (Å²) in [6, 6.07) is 0.259. The maximum absolute atomic E-state index is 12.8. The summed E-state index contributed by atoms with van der Waals surface area (Å²) in [6.07, 6.45) is 7.79. The Morgan fingerprint density at radius 3 is 2.65 bits per heavy atom. The molecule has 1 saturated carbocycles. The molecule has 6 heteroatoms. The van der Waals surface area contributed by atoms with Crippen molar-refractivity contribution in [3.8, 4) is 0 Å². The van der Waals surface area contributed by atoms with Gasteiger partial charge in [0.05, 0.1) is 0 Å². The van der Waals surface area contributed by atoms with E-state index >= 15 is 0 Å². The highest BCUT2D eigenvalue weighted by Gasteiger charge is 2.40. The molecule has 0 spiro atoms. The van der Waals surface area contributed by atoms with Gasteiger partial charge in [-0.3, -0.25) is 0 Å². The molecule has 0 unspecified atom stereocenters. The smallest absolute Gasteiger partial charge is 0.281 e. The molecule has 0 bridgehead atoms. The van der Waals surface area contributed by atoms with Crippen LogP contribution in [0.4, 0.5) is 0 Å². The number of fused-ring (bicyclic) bond motifs is 1. The second-order valence-corrected chi connectivity index (χ2v) is 8.14. The van der Waals surface area contributed by atoms with Crippen molar-refractivity contribution in [2.45, 2.75) is 51.0 Å². The molecule has 0 aromatic carbocycles. The van der Waals surface area contributed by atoms with E-state index in [1.807, 2.05) is 7.05 Å². The van der Waals surface area contributed by atoms with Crippen LogP contribution in [-0.4, -0.2) is 56.8 Å². The van der Waals surface area contributed by atoms with Crippen molar-refractivity contribution in [1.29, 1.82) is 0 Å². The number of hydrogen-bond donors (Lipinski definition) is 1. The third-order valence-electron chi connectivity index (χ3n) is 4.78. The molecule has 5 nitrogen and oxygen atoms in total. The second-order valence-electron chi connectivity index (χ2n) is 6.15. The van der Waals surface area contributed by atoms with Gasteiger partial charge in [-0.05, 0) is 51.6 Å². The van der Waals surface area contributed by atoms with Crippen LogP contribution in [0.15, 0.2) is 0 Å². The standard InChI is InChI=1S/C14H29N3O2S/c1-15-10-6-11-16(2)20(18,19)17-12-5-8-13-7-3-4-9-14(13)17/h13-15H,3-12H2,1-2H3/t13-,14-/m1/s1. The monoisotopic (exact) mass is 303 g/mol. The van der Waals surface area contributed by atoms with E-state index < -0.39 is 10.2 Å². The average molecular weight is 303 g/mol. The summed E-state index contributed by atoms with van der Waals surface area (Å²) < 4.78 is 28.9. The Labute approximate surface area is 123 Å². The molecule has 1 aliphatic carbocycles. The first-order valence-electron chi connectivity index (χ1n) is 7.95. The average Bonchev–Trinajstić information content (AvgIpc) is 2.46. The normalized spacial score (nSPS) is 28.6. The van der Waals surface area contributed by atoms with Crippen LogP contribution in [0.2, 0.25) is 0 Å². The van der Waals surface area contributed by atoms with Crippen molar-refractivity contribution >= 4 is 10.2 Å². The van der Waals surface area contributed by atoms with Gasteiger partial charge in [-0.1, -0.05) is 12.8 Å². The second kappa shape index (κ2) is 7.20. The highest BCUT2D eigenvalue weighted by atomic mass is 32.2. The van der Waals surface area contributed by atoms with E-state index in [0.29, 0.717) is 19.0 Å². The Morgan fingerprint density at radius 1 is 1.20 bits per heavy atom. The molecule has 1 N–H and O–H groups in total. The van der Waals surface area contributed by atoms with Gasteiger partial charge in [0.2, 0.25) is 0 Å². The van der Waals surface area contributed by atoms with Gasteiger partial charge in [-0.15, -0.1) is 0 Å². The molecule has 0 radical (unpaired) electrons. The molecule has 2 fully saturated rings. The zero-order chi connectivity index (χ0) is 14.6. The molecule has 0 amide bonds. The minimum absolute atomic E-state index is 0.259. The molecule has 118 valence electrons. The fourth-order valence-corrected chi connectivity index (χ4v) is 5.34. The van der Waals surface area contributed by atoms with Gasteiger partial charge in [0, 0.05) is 26.2 Å². The maximum Gasteiger partial charge on any atom is 0.281 e. The van der Waals surface area contributed by atoms with Gasteiger partial charge >= 0.3 is 0 Å². The lowest BCUT2D eigenvalue weighted by atomic mass is 9.79. The molecule has 1 aliphatic heterocycles. The highest BCUT2D eigenvalue weighted by Crippen LogP contribution is 2.37. The Kier molecular flexibility index (Phi) is 5.84. The summed E-state index contributed by atoms with van der Waals surface area (Å²) in [5.41, 5.74) is 0. The van der Waals surface area contributed by atoms with Gasteiger partial charge in [-0.25, -0.2) is 0 Å². The van der Waals surface area contributed by atoms with E-state index in [2.05, 4.69) is 5.32 Å². The number of hydrogen-bond acceptors (Lipinski definition) is 3. The molecule has 2 atom stereocenters. The predicted octanol–water partition coefficient (Wildman–Crippen LogP) is 1.43. The molecule has 0 aromatic rings. The summed E-state index contributed by atoms with van der Waals surface area (Å²) >= 11 is 0. The lowest BCUT2D eigenvalue weighted by Gasteiger charge is -2.44. The van der Waals surface area contributed by atoms with Crippen LogP contribution in [-0.2, 0) is 10.2 Å². The van der Waals surface area contributed by atoms with Crippen molar-refractivity contribution in [3.63, 3.8) is 0 Å². The van der Waals surface area contributed by atoms with Crippen molar-refractivity contribution in [2.24, 2.45) is 5.92 Å². The van der Waals surface area contributed by atoms with Crippen LogP contribution in [0, 0.1) is 5.92 Å². The van der Waals surface area contributed by atoms with Gasteiger partial charge in [0.1, 0.15) is 0 Å². The fourth-order valence-electron chi connectivity index (χ4n) is 3.64. The third kappa shape index (κ3) is 3.53. The zero-order valence-electron chi connectivity index (χ0n) is 12.8. The fraction of sp³-hybridized carbons (Fsp3) is 1.00. The summed E-state index contributed by atoms with van der Waals surface area (Å²) in [7, 11) is 0.340. The quantitative estimate of drug-likeness (QED) is 0.755.